The number of hydrogen-bond acceptors (Lipinski definition) is 4. The lowest BCUT2D eigenvalue weighted by molar-refractivity contribution is -0.156. The van der Waals surface area contributed by atoms with Crippen molar-refractivity contribution in [2.45, 2.75) is 58.1 Å². The van der Waals surface area contributed by atoms with Gasteiger partial charge in [-0.1, -0.05) is 0 Å². The predicted octanol–water partition coefficient (Wildman–Crippen LogP) is 1.79. The van der Waals surface area contributed by atoms with Gasteiger partial charge in [0.2, 0.25) is 0 Å². The normalized spacial score (nSPS) is 29.4. The van der Waals surface area contributed by atoms with E-state index in [1.165, 1.54) is 25.7 Å². The van der Waals surface area contributed by atoms with Crippen LogP contribution in [0.4, 0.5) is 0 Å². The molecule has 2 unspecified atom stereocenters. The average molecular weight is 268 g/mol. The Morgan fingerprint density at radius 3 is 2.74 bits per heavy atom. The maximum absolute atomic E-state index is 11.9. The molecule has 2 rings (SSSR count). The highest BCUT2D eigenvalue weighted by Crippen LogP contribution is 2.24. The molecule has 4 nitrogen and oxygen atoms in total. The first-order valence-electron chi connectivity index (χ1n) is 7.61. The van der Waals surface area contributed by atoms with Crippen molar-refractivity contribution < 1.29 is 9.53 Å². The van der Waals surface area contributed by atoms with Crippen LogP contribution in [0.25, 0.3) is 0 Å². The van der Waals surface area contributed by atoms with Crippen molar-refractivity contribution in [1.82, 2.24) is 10.2 Å². The van der Waals surface area contributed by atoms with Crippen LogP contribution >= 0.6 is 0 Å². The number of ether oxygens (including phenoxy) is 1. The molecule has 2 heterocycles. The molecule has 0 aromatic rings. The molecule has 2 aliphatic heterocycles. The molecule has 0 spiro atoms. The largest absolute Gasteiger partial charge is 0.459 e. The SMILES string of the molecule is CC(C)(C)OC(=O)CN1CCCC(C2CCCN2)C1. The molecule has 110 valence electrons. The van der Waals surface area contributed by atoms with E-state index in [9.17, 15) is 4.79 Å². The molecule has 2 fully saturated rings. The molecule has 4 heteroatoms. The summed E-state index contributed by atoms with van der Waals surface area (Å²) in [6.07, 6.45) is 5.09. The fourth-order valence-electron chi connectivity index (χ4n) is 3.23. The van der Waals surface area contributed by atoms with Crippen LogP contribution in [-0.4, -0.2) is 48.7 Å². The zero-order valence-electron chi connectivity index (χ0n) is 12.6. The zero-order chi connectivity index (χ0) is 13.9. The van der Waals surface area contributed by atoms with E-state index in [1.807, 2.05) is 20.8 Å². The molecular weight excluding hydrogens is 240 g/mol. The van der Waals surface area contributed by atoms with Crippen molar-refractivity contribution in [2.24, 2.45) is 5.92 Å². The van der Waals surface area contributed by atoms with Crippen LogP contribution in [0.3, 0.4) is 0 Å². The van der Waals surface area contributed by atoms with E-state index in [0.29, 0.717) is 18.5 Å². The van der Waals surface area contributed by atoms with Gasteiger partial charge in [-0.2, -0.15) is 0 Å². The van der Waals surface area contributed by atoms with E-state index in [4.69, 9.17) is 4.74 Å². The first kappa shape index (κ1) is 14.8. The van der Waals surface area contributed by atoms with Crippen molar-refractivity contribution in [2.75, 3.05) is 26.2 Å². The second-order valence-corrected chi connectivity index (χ2v) is 6.93. The molecular formula is C15H28N2O2. The smallest absolute Gasteiger partial charge is 0.320 e. The van der Waals surface area contributed by atoms with Crippen LogP contribution in [0.5, 0.6) is 0 Å². The highest BCUT2D eigenvalue weighted by molar-refractivity contribution is 5.72. The Labute approximate surface area is 116 Å². The maximum atomic E-state index is 11.9. The highest BCUT2D eigenvalue weighted by Gasteiger charge is 2.30. The van der Waals surface area contributed by atoms with Crippen LogP contribution < -0.4 is 5.32 Å². The summed E-state index contributed by atoms with van der Waals surface area (Å²) in [5, 5.41) is 3.60. The molecule has 19 heavy (non-hydrogen) atoms. The predicted molar refractivity (Wildman–Crippen MR) is 76.0 cm³/mol. The molecule has 0 saturated carbocycles. The molecule has 0 radical (unpaired) electrons. The number of esters is 1. The van der Waals surface area contributed by atoms with E-state index in [1.54, 1.807) is 0 Å². The minimum absolute atomic E-state index is 0.0902. The van der Waals surface area contributed by atoms with Crippen LogP contribution in [-0.2, 0) is 9.53 Å². The quantitative estimate of drug-likeness (QED) is 0.792. The molecule has 2 atom stereocenters. The number of piperidine rings is 1. The lowest BCUT2D eigenvalue weighted by Gasteiger charge is -2.35. The van der Waals surface area contributed by atoms with Gasteiger partial charge in [0.1, 0.15) is 5.60 Å². The number of rotatable bonds is 3. The second-order valence-electron chi connectivity index (χ2n) is 6.93. The number of carbonyl (C=O) groups is 1. The Balaban J connectivity index is 1.79. The minimum Gasteiger partial charge on any atom is -0.459 e. The highest BCUT2D eigenvalue weighted by atomic mass is 16.6. The van der Waals surface area contributed by atoms with Crippen molar-refractivity contribution in [3.8, 4) is 0 Å². The summed E-state index contributed by atoms with van der Waals surface area (Å²) in [4.78, 5) is 14.1. The first-order valence-corrected chi connectivity index (χ1v) is 7.61. The molecule has 0 aromatic heterocycles. The number of nitrogens with one attached hydrogen (secondary N) is 1. The third kappa shape index (κ3) is 4.77. The fourth-order valence-corrected chi connectivity index (χ4v) is 3.23. The van der Waals surface area contributed by atoms with Gasteiger partial charge in [0.05, 0.1) is 6.54 Å². The Hall–Kier alpha value is -0.610. The Kier molecular flexibility index (Phi) is 4.85. The minimum atomic E-state index is -0.376. The number of likely N-dealkylation sites (tertiary alicyclic amines) is 1. The zero-order valence-corrected chi connectivity index (χ0v) is 12.6. The average Bonchev–Trinajstić information content (AvgIpc) is 2.79. The van der Waals surface area contributed by atoms with E-state index >= 15 is 0 Å². The van der Waals surface area contributed by atoms with Gasteiger partial charge in [-0.05, 0) is 65.5 Å². The monoisotopic (exact) mass is 268 g/mol. The van der Waals surface area contributed by atoms with Crippen LogP contribution in [0.15, 0.2) is 0 Å². The van der Waals surface area contributed by atoms with Gasteiger partial charge in [0, 0.05) is 12.6 Å². The number of hydrogen-bond donors (Lipinski definition) is 1. The molecule has 0 aromatic carbocycles. The van der Waals surface area contributed by atoms with Crippen LogP contribution in [0.2, 0.25) is 0 Å². The van der Waals surface area contributed by atoms with Gasteiger partial charge >= 0.3 is 5.97 Å². The fraction of sp³-hybridized carbons (Fsp3) is 0.933. The third-order valence-electron chi connectivity index (χ3n) is 3.98. The van der Waals surface area contributed by atoms with E-state index in [0.717, 1.165) is 19.6 Å². The summed E-state index contributed by atoms with van der Waals surface area (Å²) >= 11 is 0. The molecule has 2 aliphatic rings. The maximum Gasteiger partial charge on any atom is 0.320 e. The van der Waals surface area contributed by atoms with Gasteiger partial charge in [0.25, 0.3) is 0 Å². The lowest BCUT2D eigenvalue weighted by Crippen LogP contribution is -2.46. The summed E-state index contributed by atoms with van der Waals surface area (Å²) in [6.45, 7) is 9.44. The summed E-state index contributed by atoms with van der Waals surface area (Å²) in [7, 11) is 0. The van der Waals surface area contributed by atoms with Crippen LogP contribution in [0, 0.1) is 5.92 Å². The standard InChI is InChI=1S/C15H28N2O2/c1-15(2,3)19-14(18)11-17-9-5-6-12(10-17)13-7-4-8-16-13/h12-13,16H,4-11H2,1-3H3. The Morgan fingerprint density at radius 2 is 2.11 bits per heavy atom. The number of nitrogens with zero attached hydrogens (tertiary/aromatic N) is 1. The first-order chi connectivity index (χ1) is 8.94. The summed E-state index contributed by atoms with van der Waals surface area (Å²) in [6, 6.07) is 0.668. The Bertz CT molecular complexity index is 306. The van der Waals surface area contributed by atoms with Crippen molar-refractivity contribution in [3.05, 3.63) is 0 Å². The van der Waals surface area contributed by atoms with E-state index in [2.05, 4.69) is 10.2 Å². The molecule has 0 amide bonds. The van der Waals surface area contributed by atoms with Gasteiger partial charge in [0.15, 0.2) is 0 Å². The van der Waals surface area contributed by atoms with Gasteiger partial charge in [-0.25, -0.2) is 0 Å². The third-order valence-corrected chi connectivity index (χ3v) is 3.98. The molecule has 0 bridgehead atoms. The summed E-state index contributed by atoms with van der Waals surface area (Å²) in [5.74, 6) is 0.617. The van der Waals surface area contributed by atoms with Gasteiger partial charge in [-0.3, -0.25) is 9.69 Å². The summed E-state index contributed by atoms with van der Waals surface area (Å²) in [5.41, 5.74) is -0.376. The van der Waals surface area contributed by atoms with E-state index in [-0.39, 0.29) is 11.6 Å². The molecule has 1 N–H and O–H groups in total. The topological polar surface area (TPSA) is 41.6 Å². The van der Waals surface area contributed by atoms with Crippen molar-refractivity contribution in [1.29, 1.82) is 0 Å². The van der Waals surface area contributed by atoms with Crippen LogP contribution in [0.1, 0.15) is 46.5 Å². The Morgan fingerprint density at radius 1 is 1.32 bits per heavy atom. The van der Waals surface area contributed by atoms with E-state index < -0.39 is 0 Å². The summed E-state index contributed by atoms with van der Waals surface area (Å²) < 4.78 is 5.40. The molecule has 0 aliphatic carbocycles. The van der Waals surface area contributed by atoms with Gasteiger partial charge in [-0.15, -0.1) is 0 Å². The lowest BCUT2D eigenvalue weighted by atomic mass is 9.90. The second kappa shape index (κ2) is 6.23. The van der Waals surface area contributed by atoms with Crippen molar-refractivity contribution >= 4 is 5.97 Å². The molecule has 2 saturated heterocycles. The number of carbonyl (C=O) groups excluding carboxylic acids is 1. The van der Waals surface area contributed by atoms with Gasteiger partial charge < -0.3 is 10.1 Å². The van der Waals surface area contributed by atoms with Crippen molar-refractivity contribution in [3.63, 3.8) is 0 Å².